The molecule has 1 N–H and O–H groups in total. The smallest absolute Gasteiger partial charge is 0.268 e. The van der Waals surface area contributed by atoms with Crippen LogP contribution in [0, 0.1) is 12.7 Å². The van der Waals surface area contributed by atoms with Crippen molar-refractivity contribution in [3.05, 3.63) is 53.2 Å². The monoisotopic (exact) mass is 421 g/mol. The van der Waals surface area contributed by atoms with Gasteiger partial charge in [-0.15, -0.1) is 23.7 Å². The summed E-state index contributed by atoms with van der Waals surface area (Å²) in [6.07, 6.45) is 0.711. The molecule has 0 saturated carbocycles. The first-order valence-corrected chi connectivity index (χ1v) is 9.56. The third-order valence-electron chi connectivity index (χ3n) is 4.51. The van der Waals surface area contributed by atoms with E-state index in [0.717, 1.165) is 26.4 Å². The number of hydrogen-bond donors (Lipinski definition) is 1. The topological polar surface area (TPSA) is 68.8 Å². The largest absolute Gasteiger partial charge is 0.333 e. The molecule has 9 heteroatoms. The van der Waals surface area contributed by atoms with Crippen molar-refractivity contribution in [1.82, 2.24) is 25.2 Å². The van der Waals surface area contributed by atoms with Gasteiger partial charge < -0.3 is 9.84 Å². The first-order valence-electron chi connectivity index (χ1n) is 8.75. The van der Waals surface area contributed by atoms with Gasteiger partial charge >= 0.3 is 0 Å². The van der Waals surface area contributed by atoms with Gasteiger partial charge in [0.05, 0.1) is 17.1 Å². The molecule has 3 aromatic heterocycles. The molecule has 0 radical (unpaired) electrons. The van der Waals surface area contributed by atoms with Crippen LogP contribution in [-0.4, -0.2) is 33.0 Å². The number of thiophene rings is 1. The van der Waals surface area contributed by atoms with Crippen LogP contribution in [0.15, 0.2) is 34.9 Å². The fraction of sp³-hybridized carbons (Fsp3) is 0.316. The van der Waals surface area contributed by atoms with Gasteiger partial charge in [-0.3, -0.25) is 4.68 Å². The van der Waals surface area contributed by atoms with Gasteiger partial charge in [0, 0.05) is 17.8 Å². The van der Waals surface area contributed by atoms with E-state index in [0.29, 0.717) is 24.7 Å². The summed E-state index contributed by atoms with van der Waals surface area (Å²) < 4.78 is 20.5. The number of fused-ring (bicyclic) bond motifs is 1. The van der Waals surface area contributed by atoms with Crippen molar-refractivity contribution in [1.29, 1.82) is 0 Å². The Kier molecular flexibility index (Phi) is 6.12. The molecular weight excluding hydrogens is 401 g/mol. The number of aromatic nitrogens is 4. The Bertz CT molecular complexity index is 1070. The predicted molar refractivity (Wildman–Crippen MR) is 111 cm³/mol. The van der Waals surface area contributed by atoms with E-state index in [1.165, 1.54) is 12.1 Å². The molecular formula is C19H21ClFN5OS. The number of rotatable bonds is 6. The van der Waals surface area contributed by atoms with Crippen LogP contribution in [0.3, 0.4) is 0 Å². The molecule has 0 aliphatic rings. The molecule has 0 bridgehead atoms. The van der Waals surface area contributed by atoms with E-state index in [4.69, 9.17) is 4.52 Å². The minimum Gasteiger partial charge on any atom is -0.333 e. The number of likely N-dealkylation sites (N-methyl/N-ethyl adjacent to an activating group) is 1. The highest BCUT2D eigenvalue weighted by Crippen LogP contribution is 2.34. The fourth-order valence-corrected chi connectivity index (χ4v) is 3.98. The maximum atomic E-state index is 13.1. The SMILES string of the molecule is CNC(C)Cc1noc(-c2cc3c(C)nn(Cc4ccc(F)cc4)c3s2)n1.Cl. The van der Waals surface area contributed by atoms with E-state index in [9.17, 15) is 4.39 Å². The lowest BCUT2D eigenvalue weighted by molar-refractivity contribution is 0.419. The van der Waals surface area contributed by atoms with Crippen molar-refractivity contribution in [2.24, 2.45) is 0 Å². The summed E-state index contributed by atoms with van der Waals surface area (Å²) in [6.45, 7) is 4.63. The van der Waals surface area contributed by atoms with Gasteiger partial charge in [0.15, 0.2) is 5.82 Å². The van der Waals surface area contributed by atoms with Crippen LogP contribution in [-0.2, 0) is 13.0 Å². The molecule has 0 amide bonds. The molecule has 1 aromatic carbocycles. The predicted octanol–water partition coefficient (Wildman–Crippen LogP) is 4.22. The van der Waals surface area contributed by atoms with Gasteiger partial charge in [0.2, 0.25) is 0 Å². The molecule has 3 heterocycles. The normalized spacial score (nSPS) is 12.3. The van der Waals surface area contributed by atoms with Crippen LogP contribution in [0.25, 0.3) is 21.0 Å². The summed E-state index contributed by atoms with van der Waals surface area (Å²) in [7, 11) is 1.91. The molecule has 4 aromatic rings. The van der Waals surface area contributed by atoms with Crippen molar-refractivity contribution < 1.29 is 8.91 Å². The minimum absolute atomic E-state index is 0. The fourth-order valence-electron chi connectivity index (χ4n) is 2.90. The lowest BCUT2D eigenvalue weighted by Crippen LogP contribution is -2.24. The summed E-state index contributed by atoms with van der Waals surface area (Å²) in [6, 6.07) is 8.82. The third-order valence-corrected chi connectivity index (χ3v) is 5.65. The maximum absolute atomic E-state index is 13.1. The lowest BCUT2D eigenvalue weighted by Gasteiger charge is -2.04. The first-order chi connectivity index (χ1) is 13.0. The summed E-state index contributed by atoms with van der Waals surface area (Å²) in [5, 5.41) is 12.9. The number of nitrogens with one attached hydrogen (secondary N) is 1. The van der Waals surface area contributed by atoms with Crippen molar-refractivity contribution in [2.45, 2.75) is 32.9 Å². The number of halogens is 2. The molecule has 4 rings (SSSR count). The third kappa shape index (κ3) is 4.09. The van der Waals surface area contributed by atoms with Crippen LogP contribution in [0.1, 0.15) is 24.0 Å². The summed E-state index contributed by atoms with van der Waals surface area (Å²) in [5.74, 6) is 0.981. The number of benzene rings is 1. The molecule has 0 aliphatic carbocycles. The Morgan fingerprint density at radius 3 is 2.75 bits per heavy atom. The van der Waals surface area contributed by atoms with E-state index in [-0.39, 0.29) is 24.3 Å². The molecule has 148 valence electrons. The van der Waals surface area contributed by atoms with Crippen LogP contribution in [0.4, 0.5) is 4.39 Å². The maximum Gasteiger partial charge on any atom is 0.268 e. The van der Waals surface area contributed by atoms with Gasteiger partial charge in [-0.2, -0.15) is 10.1 Å². The van der Waals surface area contributed by atoms with E-state index in [1.54, 1.807) is 23.5 Å². The zero-order valence-electron chi connectivity index (χ0n) is 15.8. The number of aryl methyl sites for hydroxylation is 1. The zero-order chi connectivity index (χ0) is 19.0. The Balaban J connectivity index is 0.00000225. The van der Waals surface area contributed by atoms with E-state index in [2.05, 4.69) is 27.5 Å². The second-order valence-electron chi connectivity index (χ2n) is 6.61. The van der Waals surface area contributed by atoms with Gasteiger partial charge in [-0.1, -0.05) is 17.3 Å². The summed E-state index contributed by atoms with van der Waals surface area (Å²) >= 11 is 1.57. The summed E-state index contributed by atoms with van der Waals surface area (Å²) in [5.41, 5.74) is 1.94. The number of hydrogen-bond acceptors (Lipinski definition) is 6. The summed E-state index contributed by atoms with van der Waals surface area (Å²) in [4.78, 5) is 6.48. The van der Waals surface area contributed by atoms with Crippen molar-refractivity contribution in [2.75, 3.05) is 7.05 Å². The molecule has 0 spiro atoms. The minimum atomic E-state index is -0.237. The molecule has 0 aliphatic heterocycles. The van der Waals surface area contributed by atoms with E-state index < -0.39 is 0 Å². The van der Waals surface area contributed by atoms with E-state index in [1.807, 2.05) is 24.7 Å². The van der Waals surface area contributed by atoms with Gasteiger partial charge in [0.1, 0.15) is 10.6 Å². The molecule has 0 saturated heterocycles. The lowest BCUT2D eigenvalue weighted by atomic mass is 10.2. The average molecular weight is 422 g/mol. The van der Waals surface area contributed by atoms with Crippen LogP contribution < -0.4 is 5.32 Å². The molecule has 28 heavy (non-hydrogen) atoms. The molecule has 6 nitrogen and oxygen atoms in total. The van der Waals surface area contributed by atoms with Crippen LogP contribution in [0.2, 0.25) is 0 Å². The highest BCUT2D eigenvalue weighted by atomic mass is 35.5. The quantitative estimate of drug-likeness (QED) is 0.505. The molecule has 0 fully saturated rings. The van der Waals surface area contributed by atoms with Gasteiger partial charge in [0.25, 0.3) is 5.89 Å². The molecule has 1 unspecified atom stereocenters. The van der Waals surface area contributed by atoms with Crippen LogP contribution in [0.5, 0.6) is 0 Å². The van der Waals surface area contributed by atoms with E-state index >= 15 is 0 Å². The zero-order valence-corrected chi connectivity index (χ0v) is 17.4. The Labute approximate surface area is 172 Å². The highest BCUT2D eigenvalue weighted by molar-refractivity contribution is 7.21. The van der Waals surface area contributed by atoms with Crippen molar-refractivity contribution >= 4 is 34.0 Å². The average Bonchev–Trinajstić information content (AvgIpc) is 3.35. The second kappa shape index (κ2) is 8.38. The Hall–Kier alpha value is -2.29. The molecule has 1 atom stereocenters. The highest BCUT2D eigenvalue weighted by Gasteiger charge is 2.18. The second-order valence-corrected chi connectivity index (χ2v) is 7.64. The standard InChI is InChI=1S/C19H20FN5OS.ClH/c1-11(21-3)8-17-22-18(26-24-17)16-9-15-12(2)23-25(19(15)27-16)10-13-4-6-14(20)7-5-13;/h4-7,9,11,21H,8,10H2,1-3H3;1H. The van der Waals surface area contributed by atoms with Gasteiger partial charge in [-0.25, -0.2) is 4.39 Å². The van der Waals surface area contributed by atoms with Gasteiger partial charge in [-0.05, 0) is 44.7 Å². The Morgan fingerprint density at radius 1 is 1.29 bits per heavy atom. The first kappa shape index (κ1) is 20.4. The Morgan fingerprint density at radius 2 is 2.04 bits per heavy atom. The van der Waals surface area contributed by atoms with Crippen molar-refractivity contribution in [3.63, 3.8) is 0 Å². The number of nitrogens with zero attached hydrogens (tertiary/aromatic N) is 4. The van der Waals surface area contributed by atoms with Crippen molar-refractivity contribution in [3.8, 4) is 10.8 Å². The van der Waals surface area contributed by atoms with Crippen LogP contribution >= 0.6 is 23.7 Å².